The van der Waals surface area contributed by atoms with Gasteiger partial charge in [0.1, 0.15) is 6.33 Å². The molecule has 0 aliphatic carbocycles. The number of hydrogen-bond acceptors (Lipinski definition) is 5. The molecule has 0 saturated carbocycles. The second-order valence-electron chi connectivity index (χ2n) is 8.54. The molecular weight excluding hydrogens is 540 g/mol. The minimum absolute atomic E-state index is 0.0161. The van der Waals surface area contributed by atoms with Crippen LogP contribution in [0.2, 0.25) is 0 Å². The monoisotopic (exact) mass is 559 g/mol. The van der Waals surface area contributed by atoms with Crippen LogP contribution in [0.4, 0.5) is 26.3 Å². The smallest absolute Gasteiger partial charge is 0.369 e. The van der Waals surface area contributed by atoms with Crippen LogP contribution in [0, 0.1) is 0 Å². The molecule has 0 radical (unpaired) electrons. The Morgan fingerprint density at radius 3 is 1.88 bits per heavy atom. The number of hydrogen-bond donors (Lipinski definition) is 0. The first-order valence-corrected chi connectivity index (χ1v) is 11.4. The molecule has 2 heterocycles. The maximum atomic E-state index is 13.1. The minimum Gasteiger partial charge on any atom is -0.369 e. The van der Waals surface area contributed by atoms with Gasteiger partial charge in [0.25, 0.3) is 5.91 Å². The number of nitrogens with zero attached hydrogens (tertiary/aromatic N) is 7. The van der Waals surface area contributed by atoms with Gasteiger partial charge in [-0.3, -0.25) is 4.79 Å². The molecular formula is C26H19F6N7O. The summed E-state index contributed by atoms with van der Waals surface area (Å²) in [5, 5.41) is 4.33. The number of aromatic nitrogens is 5. The van der Waals surface area contributed by atoms with Crippen LogP contribution in [0.1, 0.15) is 16.7 Å². The Bertz CT molecular complexity index is 1540. The van der Waals surface area contributed by atoms with Crippen LogP contribution in [0.3, 0.4) is 0 Å². The predicted octanol–water partition coefficient (Wildman–Crippen LogP) is 5.55. The molecule has 1 amide bonds. The summed E-state index contributed by atoms with van der Waals surface area (Å²) in [6.45, 7) is 0. The van der Waals surface area contributed by atoms with Gasteiger partial charge in [-0.25, -0.2) is 19.6 Å². The third-order valence-corrected chi connectivity index (χ3v) is 5.33. The molecule has 0 atom stereocenters. The van der Waals surface area contributed by atoms with Crippen molar-refractivity contribution in [2.24, 2.45) is 4.99 Å². The van der Waals surface area contributed by atoms with Gasteiger partial charge in [0, 0.05) is 49.4 Å². The van der Waals surface area contributed by atoms with E-state index in [9.17, 15) is 31.1 Å². The lowest BCUT2D eigenvalue weighted by molar-refractivity contribution is -0.138. The topological polar surface area (TPSA) is 89.2 Å². The van der Waals surface area contributed by atoms with Crippen LogP contribution in [0.25, 0.3) is 34.5 Å². The van der Waals surface area contributed by atoms with Gasteiger partial charge in [-0.05, 0) is 24.3 Å². The second kappa shape index (κ2) is 11.1. The molecule has 0 aliphatic heterocycles. The number of amides is 1. The number of benzene rings is 2. The van der Waals surface area contributed by atoms with Crippen molar-refractivity contribution in [1.82, 2.24) is 29.6 Å². The van der Waals surface area contributed by atoms with E-state index in [1.165, 1.54) is 60.4 Å². The highest BCUT2D eigenvalue weighted by Crippen LogP contribution is 2.33. The summed E-state index contributed by atoms with van der Waals surface area (Å²) in [6.07, 6.45) is -2.65. The molecule has 4 aromatic rings. The molecule has 0 bridgehead atoms. The Hall–Kier alpha value is -4.88. The van der Waals surface area contributed by atoms with Crippen molar-refractivity contribution in [2.45, 2.75) is 12.4 Å². The van der Waals surface area contributed by atoms with Crippen LogP contribution in [0.5, 0.6) is 0 Å². The van der Waals surface area contributed by atoms with Crippen LogP contribution < -0.4 is 0 Å². The molecule has 0 spiro atoms. The van der Waals surface area contributed by atoms with E-state index in [2.05, 4.69) is 25.0 Å². The fourth-order valence-electron chi connectivity index (χ4n) is 3.40. The van der Waals surface area contributed by atoms with Gasteiger partial charge in [0.15, 0.2) is 11.6 Å². The second-order valence-corrected chi connectivity index (χ2v) is 8.54. The number of carbonyl (C=O) groups excluding carboxylic acids is 1. The summed E-state index contributed by atoms with van der Waals surface area (Å²) in [7, 11) is 3.31. The summed E-state index contributed by atoms with van der Waals surface area (Å²) in [6, 6.07) is 8.10. The zero-order chi connectivity index (χ0) is 29.1. The van der Waals surface area contributed by atoms with E-state index in [4.69, 9.17) is 0 Å². The van der Waals surface area contributed by atoms with Crippen molar-refractivity contribution < 1.29 is 31.1 Å². The van der Waals surface area contributed by atoms with Crippen molar-refractivity contribution in [3.05, 3.63) is 83.9 Å². The first-order chi connectivity index (χ1) is 18.8. The maximum Gasteiger partial charge on any atom is 0.416 e. The summed E-state index contributed by atoms with van der Waals surface area (Å²) < 4.78 is 79.7. The number of aliphatic imine (C=N–C) groups is 1. The van der Waals surface area contributed by atoms with E-state index < -0.39 is 29.4 Å². The molecule has 40 heavy (non-hydrogen) atoms. The number of carbonyl (C=O) groups is 1. The van der Waals surface area contributed by atoms with Gasteiger partial charge >= 0.3 is 12.4 Å². The standard InChI is InChI=1S/C26H19F6N7O/c1-38(2)15-35-24(40)21(18-11-33-14-34-12-18)13-39-23(17-5-9-20(10-6-17)26(30,31)32)36-22(37-39)16-3-7-19(8-4-16)25(27,28)29/h3-15H,1-2H3/b21-13+,35-15+. The van der Waals surface area contributed by atoms with Gasteiger partial charge in [0.2, 0.25) is 0 Å². The third kappa shape index (κ3) is 6.57. The van der Waals surface area contributed by atoms with Crippen molar-refractivity contribution >= 4 is 24.0 Å². The fraction of sp³-hybridized carbons (Fsp3) is 0.154. The van der Waals surface area contributed by atoms with Gasteiger partial charge in [-0.2, -0.15) is 31.3 Å². The van der Waals surface area contributed by atoms with E-state index in [0.29, 0.717) is 0 Å². The molecule has 0 N–H and O–H groups in total. The number of alkyl halides is 6. The lowest BCUT2D eigenvalue weighted by atomic mass is 10.1. The van der Waals surface area contributed by atoms with Crippen LogP contribution in [0.15, 0.2) is 72.2 Å². The van der Waals surface area contributed by atoms with Gasteiger partial charge in [-0.1, -0.05) is 24.3 Å². The Balaban J connectivity index is 1.88. The molecule has 0 fully saturated rings. The third-order valence-electron chi connectivity index (χ3n) is 5.33. The number of halogens is 6. The highest BCUT2D eigenvalue weighted by molar-refractivity contribution is 6.24. The SMILES string of the molecule is CN(C)/C=N/C(=O)/C(=C/n1nc(-c2ccc(C(F)(F)F)cc2)nc1-c1ccc(C(F)(F)F)cc1)c1cncnc1. The Morgan fingerprint density at radius 1 is 0.850 bits per heavy atom. The van der Waals surface area contributed by atoms with Crippen molar-refractivity contribution in [3.63, 3.8) is 0 Å². The molecule has 4 rings (SSSR count). The largest absolute Gasteiger partial charge is 0.416 e. The van der Waals surface area contributed by atoms with Gasteiger partial charge in [0.05, 0.1) is 23.0 Å². The predicted molar refractivity (Wildman–Crippen MR) is 134 cm³/mol. The molecule has 0 aliphatic rings. The van der Waals surface area contributed by atoms with Crippen LogP contribution in [-0.4, -0.2) is 56.0 Å². The van der Waals surface area contributed by atoms with E-state index in [1.54, 1.807) is 14.1 Å². The summed E-state index contributed by atoms with van der Waals surface area (Å²) in [4.78, 5) is 30.6. The summed E-state index contributed by atoms with van der Waals surface area (Å²) >= 11 is 0. The Kier molecular flexibility index (Phi) is 7.79. The minimum atomic E-state index is -4.57. The summed E-state index contributed by atoms with van der Waals surface area (Å²) in [5.41, 5.74) is -1.15. The summed E-state index contributed by atoms with van der Waals surface area (Å²) in [5.74, 6) is -0.733. The average molecular weight is 559 g/mol. The normalized spacial score (nSPS) is 12.7. The van der Waals surface area contributed by atoms with E-state index in [1.807, 2.05) is 0 Å². The highest BCUT2D eigenvalue weighted by atomic mass is 19.4. The lowest BCUT2D eigenvalue weighted by Gasteiger charge is -2.08. The Morgan fingerprint density at radius 2 is 1.38 bits per heavy atom. The molecule has 0 saturated heterocycles. The van der Waals surface area contributed by atoms with E-state index >= 15 is 0 Å². The van der Waals surface area contributed by atoms with Crippen LogP contribution in [-0.2, 0) is 17.1 Å². The maximum absolute atomic E-state index is 13.1. The quantitative estimate of drug-likeness (QED) is 0.133. The van der Waals surface area contributed by atoms with E-state index in [0.717, 1.165) is 28.9 Å². The molecule has 206 valence electrons. The Labute approximate surface area is 223 Å². The fourth-order valence-corrected chi connectivity index (χ4v) is 3.40. The zero-order valence-electron chi connectivity index (χ0n) is 20.8. The van der Waals surface area contributed by atoms with Crippen molar-refractivity contribution in [2.75, 3.05) is 14.1 Å². The van der Waals surface area contributed by atoms with Crippen LogP contribution >= 0.6 is 0 Å². The van der Waals surface area contributed by atoms with Crippen molar-refractivity contribution in [1.29, 1.82) is 0 Å². The average Bonchev–Trinajstić information content (AvgIpc) is 3.34. The first-order valence-electron chi connectivity index (χ1n) is 11.4. The molecule has 2 aromatic carbocycles. The number of rotatable bonds is 6. The van der Waals surface area contributed by atoms with Gasteiger partial charge in [-0.15, -0.1) is 5.10 Å². The highest BCUT2D eigenvalue weighted by Gasteiger charge is 2.31. The van der Waals surface area contributed by atoms with E-state index in [-0.39, 0.29) is 33.9 Å². The zero-order valence-corrected chi connectivity index (χ0v) is 20.8. The van der Waals surface area contributed by atoms with Crippen molar-refractivity contribution in [3.8, 4) is 22.8 Å². The molecule has 14 heteroatoms. The molecule has 2 aromatic heterocycles. The lowest BCUT2D eigenvalue weighted by Crippen LogP contribution is -2.11. The first kappa shape index (κ1) is 28.1. The molecule has 8 nitrogen and oxygen atoms in total. The van der Waals surface area contributed by atoms with Gasteiger partial charge < -0.3 is 4.90 Å². The molecule has 0 unspecified atom stereocenters.